The van der Waals surface area contributed by atoms with Crippen LogP contribution in [0, 0.1) is 6.92 Å². The minimum absolute atomic E-state index is 0.0545. The maximum absolute atomic E-state index is 12.0. The molecule has 0 radical (unpaired) electrons. The third kappa shape index (κ3) is 1.84. The predicted octanol–water partition coefficient (Wildman–Crippen LogP) is 2.40. The molecule has 1 aromatic carbocycles. The van der Waals surface area contributed by atoms with E-state index in [1.165, 1.54) is 0 Å². The second-order valence-electron chi connectivity index (χ2n) is 4.05. The van der Waals surface area contributed by atoms with Crippen molar-refractivity contribution in [3.05, 3.63) is 48.2 Å². The van der Waals surface area contributed by atoms with Crippen molar-refractivity contribution in [2.75, 3.05) is 6.54 Å². The summed E-state index contributed by atoms with van der Waals surface area (Å²) in [6.45, 7) is 6.06. The van der Waals surface area contributed by atoms with Crippen molar-refractivity contribution in [2.24, 2.45) is 7.05 Å². The molecule has 0 aliphatic heterocycles. The first-order valence-electron chi connectivity index (χ1n) is 5.60. The van der Waals surface area contributed by atoms with Gasteiger partial charge in [-0.1, -0.05) is 24.3 Å². The minimum Gasteiger partial charge on any atom is -0.347 e. The molecule has 17 heavy (non-hydrogen) atoms. The van der Waals surface area contributed by atoms with Crippen LogP contribution >= 0.6 is 0 Å². The van der Waals surface area contributed by atoms with Crippen LogP contribution < -0.4 is 5.32 Å². The maximum atomic E-state index is 12.0. The van der Waals surface area contributed by atoms with Gasteiger partial charge in [-0.3, -0.25) is 4.79 Å². The van der Waals surface area contributed by atoms with Crippen molar-refractivity contribution in [1.29, 1.82) is 0 Å². The zero-order valence-corrected chi connectivity index (χ0v) is 10.2. The molecule has 1 heterocycles. The Labute approximate surface area is 101 Å². The fourth-order valence-electron chi connectivity index (χ4n) is 2.15. The molecule has 0 saturated heterocycles. The van der Waals surface area contributed by atoms with Crippen LogP contribution in [0.1, 0.15) is 16.1 Å². The van der Waals surface area contributed by atoms with Gasteiger partial charge >= 0.3 is 0 Å². The Bertz CT molecular complexity index is 542. The van der Waals surface area contributed by atoms with Crippen LogP contribution in [0.4, 0.5) is 0 Å². The van der Waals surface area contributed by atoms with E-state index in [0.29, 0.717) is 12.2 Å². The summed E-state index contributed by atoms with van der Waals surface area (Å²) in [6, 6.07) is 8.02. The molecule has 0 aliphatic rings. The van der Waals surface area contributed by atoms with Crippen LogP contribution in [0.2, 0.25) is 0 Å². The second-order valence-corrected chi connectivity index (χ2v) is 4.05. The van der Waals surface area contributed by atoms with E-state index in [4.69, 9.17) is 0 Å². The highest BCUT2D eigenvalue weighted by atomic mass is 16.1. The van der Waals surface area contributed by atoms with E-state index in [0.717, 1.165) is 16.5 Å². The molecular weight excluding hydrogens is 212 g/mol. The average molecular weight is 228 g/mol. The van der Waals surface area contributed by atoms with Gasteiger partial charge in [0.15, 0.2) is 0 Å². The number of fused-ring (bicyclic) bond motifs is 1. The van der Waals surface area contributed by atoms with Crippen molar-refractivity contribution in [1.82, 2.24) is 9.88 Å². The summed E-state index contributed by atoms with van der Waals surface area (Å²) in [5.41, 5.74) is 2.81. The Morgan fingerprint density at radius 1 is 1.47 bits per heavy atom. The highest BCUT2D eigenvalue weighted by Crippen LogP contribution is 2.24. The van der Waals surface area contributed by atoms with E-state index in [9.17, 15) is 4.79 Å². The largest absolute Gasteiger partial charge is 0.347 e. The molecule has 1 amide bonds. The van der Waals surface area contributed by atoms with Crippen molar-refractivity contribution in [3.63, 3.8) is 0 Å². The fourth-order valence-corrected chi connectivity index (χ4v) is 2.15. The number of nitrogens with zero attached hydrogens (tertiary/aromatic N) is 1. The number of nitrogens with one attached hydrogen (secondary N) is 1. The lowest BCUT2D eigenvalue weighted by Crippen LogP contribution is -2.26. The number of hydrogen-bond acceptors (Lipinski definition) is 1. The molecule has 0 aliphatic carbocycles. The first kappa shape index (κ1) is 11.5. The van der Waals surface area contributed by atoms with Crippen molar-refractivity contribution < 1.29 is 4.79 Å². The van der Waals surface area contributed by atoms with Crippen LogP contribution in [0.15, 0.2) is 36.9 Å². The predicted molar refractivity (Wildman–Crippen MR) is 70.2 cm³/mol. The number of amides is 1. The lowest BCUT2D eigenvalue weighted by Gasteiger charge is -2.05. The van der Waals surface area contributed by atoms with Gasteiger partial charge in [-0.15, -0.1) is 6.58 Å². The van der Waals surface area contributed by atoms with Crippen molar-refractivity contribution in [3.8, 4) is 0 Å². The van der Waals surface area contributed by atoms with Crippen molar-refractivity contribution >= 4 is 16.8 Å². The standard InChI is InChI=1S/C14H16N2O/c1-4-9-15-14(17)13-10(2)11-7-5-6-8-12(11)16(13)3/h4-8H,1,9H2,2-3H3,(H,15,17). The van der Waals surface area contributed by atoms with E-state index < -0.39 is 0 Å². The van der Waals surface area contributed by atoms with E-state index in [1.54, 1.807) is 6.08 Å². The zero-order chi connectivity index (χ0) is 12.4. The first-order valence-corrected chi connectivity index (χ1v) is 5.60. The lowest BCUT2D eigenvalue weighted by molar-refractivity contribution is 0.0949. The summed E-state index contributed by atoms with van der Waals surface area (Å²) in [5, 5.41) is 3.94. The summed E-state index contributed by atoms with van der Waals surface area (Å²) in [6.07, 6.45) is 1.68. The van der Waals surface area contributed by atoms with Gasteiger partial charge < -0.3 is 9.88 Å². The van der Waals surface area contributed by atoms with Crippen LogP contribution in [0.5, 0.6) is 0 Å². The minimum atomic E-state index is -0.0545. The summed E-state index contributed by atoms with van der Waals surface area (Å²) in [7, 11) is 1.91. The van der Waals surface area contributed by atoms with E-state index in [1.807, 2.05) is 42.8 Å². The van der Waals surface area contributed by atoms with Crippen LogP contribution in [-0.2, 0) is 7.05 Å². The third-order valence-electron chi connectivity index (χ3n) is 2.98. The SMILES string of the molecule is C=CCNC(=O)c1c(C)c2ccccc2n1C. The van der Waals surface area contributed by atoms with Crippen LogP contribution in [0.3, 0.4) is 0 Å². The molecule has 0 fully saturated rings. The molecule has 1 N–H and O–H groups in total. The van der Waals surface area contributed by atoms with Gasteiger partial charge in [0.25, 0.3) is 5.91 Å². The smallest absolute Gasteiger partial charge is 0.268 e. The number of benzene rings is 1. The molecule has 0 bridgehead atoms. The Hall–Kier alpha value is -2.03. The monoisotopic (exact) mass is 228 g/mol. The molecule has 0 spiro atoms. The van der Waals surface area contributed by atoms with Crippen LogP contribution in [0.25, 0.3) is 10.9 Å². The summed E-state index contributed by atoms with van der Waals surface area (Å²) in [5.74, 6) is -0.0545. The molecular formula is C14H16N2O. The van der Waals surface area contributed by atoms with Crippen molar-refractivity contribution in [2.45, 2.75) is 6.92 Å². The molecule has 2 rings (SSSR count). The summed E-state index contributed by atoms with van der Waals surface area (Å²) >= 11 is 0. The number of carbonyl (C=O) groups is 1. The highest BCUT2D eigenvalue weighted by Gasteiger charge is 2.16. The van der Waals surface area contributed by atoms with Gasteiger partial charge in [-0.05, 0) is 18.6 Å². The maximum Gasteiger partial charge on any atom is 0.268 e. The van der Waals surface area contributed by atoms with Crippen LogP contribution in [-0.4, -0.2) is 17.0 Å². The number of carbonyl (C=O) groups excluding carboxylic acids is 1. The Morgan fingerprint density at radius 3 is 2.82 bits per heavy atom. The third-order valence-corrected chi connectivity index (χ3v) is 2.98. The van der Waals surface area contributed by atoms with Gasteiger partial charge in [0.2, 0.25) is 0 Å². The number of rotatable bonds is 3. The van der Waals surface area contributed by atoms with E-state index in [-0.39, 0.29) is 5.91 Å². The second kappa shape index (κ2) is 4.45. The normalized spacial score (nSPS) is 10.5. The topological polar surface area (TPSA) is 34.0 Å². The number of para-hydroxylation sites is 1. The fraction of sp³-hybridized carbons (Fsp3) is 0.214. The lowest BCUT2D eigenvalue weighted by atomic mass is 10.1. The molecule has 1 aromatic heterocycles. The molecule has 0 atom stereocenters. The molecule has 0 unspecified atom stereocenters. The quantitative estimate of drug-likeness (QED) is 0.804. The zero-order valence-electron chi connectivity index (χ0n) is 10.2. The Kier molecular flexibility index (Phi) is 3.00. The molecule has 3 heteroatoms. The number of hydrogen-bond donors (Lipinski definition) is 1. The van der Waals surface area contributed by atoms with Gasteiger partial charge in [0.1, 0.15) is 5.69 Å². The van der Waals surface area contributed by atoms with Gasteiger partial charge in [0.05, 0.1) is 0 Å². The van der Waals surface area contributed by atoms with Gasteiger partial charge in [-0.25, -0.2) is 0 Å². The average Bonchev–Trinajstić information content (AvgIpc) is 2.60. The number of aryl methyl sites for hydroxylation is 2. The van der Waals surface area contributed by atoms with E-state index in [2.05, 4.69) is 11.9 Å². The van der Waals surface area contributed by atoms with Gasteiger partial charge in [-0.2, -0.15) is 0 Å². The molecule has 2 aromatic rings. The number of aromatic nitrogens is 1. The highest BCUT2D eigenvalue weighted by molar-refractivity contribution is 6.01. The molecule has 88 valence electrons. The summed E-state index contributed by atoms with van der Waals surface area (Å²) < 4.78 is 1.93. The first-order chi connectivity index (χ1) is 8.16. The Balaban J connectivity index is 2.54. The van der Waals surface area contributed by atoms with Gasteiger partial charge in [0, 0.05) is 24.5 Å². The molecule has 3 nitrogen and oxygen atoms in total. The van der Waals surface area contributed by atoms with E-state index >= 15 is 0 Å². The molecule has 0 saturated carbocycles. The summed E-state index contributed by atoms with van der Waals surface area (Å²) in [4.78, 5) is 12.0. The Morgan fingerprint density at radius 2 is 2.18 bits per heavy atom.